The number of rotatable bonds is 5. The van der Waals surface area contributed by atoms with Crippen molar-refractivity contribution in [3.05, 3.63) is 62.3 Å². The molecule has 2 aromatic rings. The van der Waals surface area contributed by atoms with Gasteiger partial charge in [-0.25, -0.2) is 4.39 Å². The SMILES string of the molecule is O=C(CSCc1ccc(Cl)cc1Cl)Nc1ccc(Br)cc1F. The minimum Gasteiger partial charge on any atom is -0.323 e. The van der Waals surface area contributed by atoms with E-state index in [4.69, 9.17) is 23.2 Å². The van der Waals surface area contributed by atoms with Gasteiger partial charge in [-0.1, -0.05) is 45.2 Å². The lowest BCUT2D eigenvalue weighted by Gasteiger charge is -2.07. The lowest BCUT2D eigenvalue weighted by molar-refractivity contribution is -0.113. The summed E-state index contributed by atoms with van der Waals surface area (Å²) in [5.74, 6) is 0.0329. The molecular formula is C15H11BrCl2FNOS. The van der Waals surface area contributed by atoms with Crippen molar-refractivity contribution in [3.8, 4) is 0 Å². The maximum atomic E-state index is 13.6. The Balaban J connectivity index is 1.85. The third-order valence-corrected chi connectivity index (χ3v) is 4.77. The van der Waals surface area contributed by atoms with Crippen molar-refractivity contribution in [1.82, 2.24) is 0 Å². The van der Waals surface area contributed by atoms with Crippen LogP contribution >= 0.6 is 50.9 Å². The first-order chi connectivity index (χ1) is 10.5. The van der Waals surface area contributed by atoms with E-state index in [1.54, 1.807) is 18.2 Å². The molecule has 0 heterocycles. The maximum absolute atomic E-state index is 13.6. The van der Waals surface area contributed by atoms with Gasteiger partial charge in [0, 0.05) is 20.3 Å². The summed E-state index contributed by atoms with van der Waals surface area (Å²) < 4.78 is 14.2. The minimum atomic E-state index is -0.478. The van der Waals surface area contributed by atoms with E-state index in [1.807, 2.05) is 6.07 Å². The van der Waals surface area contributed by atoms with E-state index in [0.717, 1.165) is 5.56 Å². The molecule has 0 aromatic heterocycles. The number of carbonyl (C=O) groups excluding carboxylic acids is 1. The largest absolute Gasteiger partial charge is 0.323 e. The molecular weight excluding hydrogens is 412 g/mol. The molecule has 0 fully saturated rings. The summed E-state index contributed by atoms with van der Waals surface area (Å²) >= 11 is 16.4. The molecule has 7 heteroatoms. The van der Waals surface area contributed by atoms with Crippen molar-refractivity contribution < 1.29 is 9.18 Å². The van der Waals surface area contributed by atoms with Crippen LogP contribution in [0.15, 0.2) is 40.9 Å². The zero-order valence-electron chi connectivity index (χ0n) is 11.2. The summed E-state index contributed by atoms with van der Waals surface area (Å²) in [5.41, 5.74) is 1.07. The van der Waals surface area contributed by atoms with E-state index in [0.29, 0.717) is 20.3 Å². The number of amides is 1. The molecule has 116 valence electrons. The summed E-state index contributed by atoms with van der Waals surface area (Å²) in [5, 5.41) is 3.68. The Morgan fingerprint density at radius 2 is 2.00 bits per heavy atom. The van der Waals surface area contributed by atoms with Gasteiger partial charge in [0.2, 0.25) is 5.91 Å². The normalized spacial score (nSPS) is 10.5. The fourth-order valence-electron chi connectivity index (χ4n) is 1.67. The van der Waals surface area contributed by atoms with Crippen LogP contribution in [0.3, 0.4) is 0 Å². The van der Waals surface area contributed by atoms with Gasteiger partial charge in [-0.15, -0.1) is 11.8 Å². The highest BCUT2D eigenvalue weighted by molar-refractivity contribution is 9.10. The number of thioether (sulfide) groups is 1. The van der Waals surface area contributed by atoms with Crippen molar-refractivity contribution in [2.24, 2.45) is 0 Å². The predicted molar refractivity (Wildman–Crippen MR) is 95.4 cm³/mol. The third-order valence-electron chi connectivity index (χ3n) is 2.71. The molecule has 2 aromatic carbocycles. The van der Waals surface area contributed by atoms with Gasteiger partial charge < -0.3 is 5.32 Å². The van der Waals surface area contributed by atoms with Crippen molar-refractivity contribution >= 4 is 62.5 Å². The smallest absolute Gasteiger partial charge is 0.234 e. The molecule has 0 aliphatic heterocycles. The van der Waals surface area contributed by atoms with Gasteiger partial charge >= 0.3 is 0 Å². The van der Waals surface area contributed by atoms with Gasteiger partial charge in [-0.2, -0.15) is 0 Å². The molecule has 0 aliphatic carbocycles. The molecule has 2 rings (SSSR count). The Morgan fingerprint density at radius 3 is 2.68 bits per heavy atom. The topological polar surface area (TPSA) is 29.1 Å². The minimum absolute atomic E-state index is 0.165. The van der Waals surface area contributed by atoms with Crippen LogP contribution in [0.5, 0.6) is 0 Å². The molecule has 0 atom stereocenters. The van der Waals surface area contributed by atoms with E-state index in [2.05, 4.69) is 21.2 Å². The molecule has 0 saturated carbocycles. The summed E-state index contributed by atoms with van der Waals surface area (Å²) in [7, 11) is 0. The lowest BCUT2D eigenvalue weighted by Crippen LogP contribution is -2.15. The van der Waals surface area contributed by atoms with Crippen molar-refractivity contribution in [3.63, 3.8) is 0 Å². The Bertz CT molecular complexity index is 699. The highest BCUT2D eigenvalue weighted by Crippen LogP contribution is 2.25. The first-order valence-electron chi connectivity index (χ1n) is 6.22. The van der Waals surface area contributed by atoms with Crippen LogP contribution in [0.1, 0.15) is 5.56 Å². The molecule has 0 spiro atoms. The maximum Gasteiger partial charge on any atom is 0.234 e. The lowest BCUT2D eigenvalue weighted by atomic mass is 10.2. The zero-order chi connectivity index (χ0) is 16.1. The number of hydrogen-bond acceptors (Lipinski definition) is 2. The van der Waals surface area contributed by atoms with Crippen LogP contribution in [-0.2, 0) is 10.5 Å². The van der Waals surface area contributed by atoms with Crippen LogP contribution in [0, 0.1) is 5.82 Å². The molecule has 1 N–H and O–H groups in total. The molecule has 1 amide bonds. The summed E-state index contributed by atoms with van der Waals surface area (Å²) in [6.45, 7) is 0. The molecule has 22 heavy (non-hydrogen) atoms. The third kappa shape index (κ3) is 5.16. The van der Waals surface area contributed by atoms with Crippen LogP contribution in [-0.4, -0.2) is 11.7 Å². The van der Waals surface area contributed by atoms with Crippen molar-refractivity contribution in [1.29, 1.82) is 0 Å². The second-order valence-corrected chi connectivity index (χ2v) is 7.15. The zero-order valence-corrected chi connectivity index (χ0v) is 15.1. The van der Waals surface area contributed by atoms with Crippen LogP contribution in [0.25, 0.3) is 0 Å². The van der Waals surface area contributed by atoms with Gasteiger partial charge in [-0.05, 0) is 35.9 Å². The Labute approximate surface area is 150 Å². The first-order valence-corrected chi connectivity index (χ1v) is 8.92. The van der Waals surface area contributed by atoms with Crippen LogP contribution in [0.4, 0.5) is 10.1 Å². The molecule has 0 radical (unpaired) electrons. The van der Waals surface area contributed by atoms with Gasteiger partial charge in [0.05, 0.1) is 11.4 Å². The van der Waals surface area contributed by atoms with Crippen molar-refractivity contribution in [2.45, 2.75) is 5.75 Å². The second kappa shape index (κ2) is 8.20. The first kappa shape index (κ1) is 17.6. The van der Waals surface area contributed by atoms with E-state index in [-0.39, 0.29) is 17.3 Å². The highest BCUT2D eigenvalue weighted by Gasteiger charge is 2.08. The number of hydrogen-bond donors (Lipinski definition) is 1. The summed E-state index contributed by atoms with van der Waals surface area (Å²) in [4.78, 5) is 11.8. The van der Waals surface area contributed by atoms with Crippen LogP contribution in [0.2, 0.25) is 10.0 Å². The average molecular weight is 423 g/mol. The van der Waals surface area contributed by atoms with Gasteiger partial charge in [-0.3, -0.25) is 4.79 Å². The monoisotopic (exact) mass is 421 g/mol. The van der Waals surface area contributed by atoms with E-state index >= 15 is 0 Å². The number of benzene rings is 2. The molecule has 0 aliphatic rings. The van der Waals surface area contributed by atoms with E-state index < -0.39 is 5.82 Å². The van der Waals surface area contributed by atoms with Crippen LogP contribution < -0.4 is 5.32 Å². The fraction of sp³-hybridized carbons (Fsp3) is 0.133. The van der Waals surface area contributed by atoms with E-state index in [9.17, 15) is 9.18 Å². The predicted octanol–water partition coefficient (Wildman–Crippen LogP) is 5.77. The van der Waals surface area contributed by atoms with Gasteiger partial charge in [0.1, 0.15) is 5.82 Å². The molecule has 0 saturated heterocycles. The Kier molecular flexibility index (Phi) is 6.56. The summed E-state index contributed by atoms with van der Waals surface area (Å²) in [6, 6.07) is 9.72. The molecule has 2 nitrogen and oxygen atoms in total. The number of anilines is 1. The Morgan fingerprint density at radius 1 is 1.23 bits per heavy atom. The average Bonchev–Trinajstić information content (AvgIpc) is 2.44. The van der Waals surface area contributed by atoms with E-state index in [1.165, 1.54) is 23.9 Å². The number of halogens is 4. The Hall–Kier alpha value is -0.750. The standard InChI is InChI=1S/C15H11BrCl2FNOS/c16-10-2-4-14(13(19)5-10)20-15(21)8-22-7-9-1-3-11(17)6-12(9)18/h1-6H,7-8H2,(H,20,21). The molecule has 0 unspecified atom stereocenters. The number of carbonyl (C=O) groups is 1. The quantitative estimate of drug-likeness (QED) is 0.662. The fourth-order valence-corrected chi connectivity index (χ4v) is 3.39. The summed E-state index contributed by atoms with van der Waals surface area (Å²) in [6.07, 6.45) is 0. The number of nitrogens with one attached hydrogen (secondary N) is 1. The van der Waals surface area contributed by atoms with Crippen molar-refractivity contribution in [2.75, 3.05) is 11.1 Å². The highest BCUT2D eigenvalue weighted by atomic mass is 79.9. The van der Waals surface area contributed by atoms with Gasteiger partial charge in [0.25, 0.3) is 0 Å². The molecule has 0 bridgehead atoms. The second-order valence-electron chi connectivity index (χ2n) is 4.40. The van der Waals surface area contributed by atoms with Gasteiger partial charge in [0.15, 0.2) is 0 Å².